The summed E-state index contributed by atoms with van der Waals surface area (Å²) in [6.45, 7) is 8.19. The van der Waals surface area contributed by atoms with Gasteiger partial charge in [0.25, 0.3) is 0 Å². The van der Waals surface area contributed by atoms with Crippen molar-refractivity contribution in [3.8, 4) is 0 Å². The summed E-state index contributed by atoms with van der Waals surface area (Å²) in [6, 6.07) is 14.4. The largest absolute Gasteiger partial charge is 0.386 e. The lowest BCUT2D eigenvalue weighted by Gasteiger charge is -2.09. The molecule has 0 aliphatic heterocycles. The molecule has 2 aromatic rings. The topological polar surface area (TPSA) is 43.4 Å². The molecule has 0 spiro atoms. The summed E-state index contributed by atoms with van der Waals surface area (Å²) < 4.78 is 5.01. The van der Waals surface area contributed by atoms with E-state index in [1.165, 1.54) is 0 Å². The van der Waals surface area contributed by atoms with E-state index in [9.17, 15) is 9.59 Å². The predicted molar refractivity (Wildman–Crippen MR) is 90.8 cm³/mol. The molecule has 0 heterocycles. The van der Waals surface area contributed by atoms with Gasteiger partial charge in [0.05, 0.1) is 11.1 Å². The molecule has 0 unspecified atom stereocenters. The molecule has 2 aromatic carbocycles. The van der Waals surface area contributed by atoms with Crippen LogP contribution < -0.4 is 0 Å². The minimum absolute atomic E-state index is 0.307. The molecule has 0 amide bonds. The van der Waals surface area contributed by atoms with E-state index in [2.05, 4.69) is 0 Å². The van der Waals surface area contributed by atoms with Gasteiger partial charge in [-0.1, -0.05) is 52.0 Å². The zero-order valence-electron chi connectivity index (χ0n) is 14.0. The van der Waals surface area contributed by atoms with E-state index >= 15 is 0 Å². The maximum atomic E-state index is 12.2. The Morgan fingerprint density at radius 3 is 1.48 bits per heavy atom. The first-order valence-corrected chi connectivity index (χ1v) is 7.85. The maximum absolute atomic E-state index is 12.2. The fourth-order valence-electron chi connectivity index (χ4n) is 2.25. The lowest BCUT2D eigenvalue weighted by Crippen LogP contribution is -2.13. The van der Waals surface area contributed by atoms with E-state index < -0.39 is 11.9 Å². The number of hydrogen-bond acceptors (Lipinski definition) is 3. The molecule has 0 aromatic heterocycles. The lowest BCUT2D eigenvalue weighted by molar-refractivity contribution is 0.0397. The molecule has 0 bridgehead atoms. The van der Waals surface area contributed by atoms with E-state index in [0.717, 1.165) is 11.1 Å². The molecule has 0 aliphatic carbocycles. The van der Waals surface area contributed by atoms with Gasteiger partial charge in [0.2, 0.25) is 0 Å². The van der Waals surface area contributed by atoms with Crippen molar-refractivity contribution in [1.29, 1.82) is 0 Å². The first-order valence-electron chi connectivity index (χ1n) is 7.85. The zero-order valence-corrected chi connectivity index (χ0v) is 14.0. The number of benzene rings is 2. The fraction of sp³-hybridized carbons (Fsp3) is 0.300. The summed E-state index contributed by atoms with van der Waals surface area (Å²) >= 11 is 0. The van der Waals surface area contributed by atoms with Crippen LogP contribution in [0.15, 0.2) is 48.5 Å². The second-order valence-corrected chi connectivity index (χ2v) is 6.24. The Morgan fingerprint density at radius 1 is 0.739 bits per heavy atom. The van der Waals surface area contributed by atoms with Crippen LogP contribution in [0.5, 0.6) is 0 Å². The minimum atomic E-state index is -0.618. The molecule has 0 fully saturated rings. The van der Waals surface area contributed by atoms with Crippen LogP contribution in [0.25, 0.3) is 0 Å². The molecule has 2 rings (SSSR count). The molecular weight excluding hydrogens is 288 g/mol. The lowest BCUT2D eigenvalue weighted by atomic mass is 10.0. The van der Waals surface area contributed by atoms with Gasteiger partial charge in [-0.2, -0.15) is 0 Å². The monoisotopic (exact) mass is 310 g/mol. The van der Waals surface area contributed by atoms with Gasteiger partial charge >= 0.3 is 11.9 Å². The third-order valence-corrected chi connectivity index (χ3v) is 3.76. The van der Waals surface area contributed by atoms with E-state index in [0.29, 0.717) is 23.0 Å². The van der Waals surface area contributed by atoms with Crippen molar-refractivity contribution >= 4 is 11.9 Å². The van der Waals surface area contributed by atoms with Crippen molar-refractivity contribution in [2.45, 2.75) is 39.5 Å². The van der Waals surface area contributed by atoms with Crippen LogP contribution in [0, 0.1) is 0 Å². The summed E-state index contributed by atoms with van der Waals surface area (Å²) in [4.78, 5) is 24.4. The first-order chi connectivity index (χ1) is 10.9. The molecule has 23 heavy (non-hydrogen) atoms. The van der Waals surface area contributed by atoms with Gasteiger partial charge in [0.1, 0.15) is 0 Å². The molecule has 0 aliphatic rings. The molecule has 0 radical (unpaired) electrons. The standard InChI is InChI=1S/C20H22O3/c1-13(2)15-7-5-9-17(11-15)19(21)23-20(22)18-10-6-8-16(12-18)14(3)4/h5-14H,1-4H3. The van der Waals surface area contributed by atoms with Gasteiger partial charge in [0.15, 0.2) is 0 Å². The highest BCUT2D eigenvalue weighted by atomic mass is 16.6. The zero-order chi connectivity index (χ0) is 17.0. The number of carbonyl (C=O) groups is 2. The van der Waals surface area contributed by atoms with Crippen LogP contribution in [0.3, 0.4) is 0 Å². The molecule has 120 valence electrons. The third-order valence-electron chi connectivity index (χ3n) is 3.76. The number of hydrogen-bond donors (Lipinski definition) is 0. The number of ether oxygens (including phenoxy) is 1. The molecular formula is C20H22O3. The maximum Gasteiger partial charge on any atom is 0.346 e. The average molecular weight is 310 g/mol. The Morgan fingerprint density at radius 2 is 1.13 bits per heavy atom. The Balaban J connectivity index is 2.15. The van der Waals surface area contributed by atoms with Crippen molar-refractivity contribution in [2.24, 2.45) is 0 Å². The smallest absolute Gasteiger partial charge is 0.346 e. The third kappa shape index (κ3) is 4.28. The summed E-state index contributed by atoms with van der Waals surface area (Å²) in [5, 5.41) is 0. The fourth-order valence-corrected chi connectivity index (χ4v) is 2.25. The van der Waals surface area contributed by atoms with Gasteiger partial charge in [-0.3, -0.25) is 0 Å². The van der Waals surface area contributed by atoms with Gasteiger partial charge in [-0.05, 0) is 47.2 Å². The van der Waals surface area contributed by atoms with Gasteiger partial charge < -0.3 is 4.74 Å². The van der Waals surface area contributed by atoms with E-state index in [-0.39, 0.29) is 0 Å². The van der Waals surface area contributed by atoms with Gasteiger partial charge in [-0.25, -0.2) is 9.59 Å². The highest BCUT2D eigenvalue weighted by Crippen LogP contribution is 2.18. The van der Waals surface area contributed by atoms with E-state index in [1.807, 2.05) is 39.8 Å². The summed E-state index contributed by atoms with van der Waals surface area (Å²) in [5.41, 5.74) is 2.86. The van der Waals surface area contributed by atoms with Gasteiger partial charge in [-0.15, -0.1) is 0 Å². The molecule has 3 heteroatoms. The molecule has 0 saturated heterocycles. The van der Waals surface area contributed by atoms with Crippen LogP contribution in [0.4, 0.5) is 0 Å². The number of rotatable bonds is 4. The Bertz CT molecular complexity index is 653. The number of carbonyl (C=O) groups excluding carboxylic acids is 2. The van der Waals surface area contributed by atoms with E-state index in [4.69, 9.17) is 4.74 Å². The molecule has 0 saturated carbocycles. The highest BCUT2D eigenvalue weighted by Gasteiger charge is 2.16. The van der Waals surface area contributed by atoms with Crippen LogP contribution >= 0.6 is 0 Å². The Kier molecular flexibility index (Phi) is 5.32. The first kappa shape index (κ1) is 16.9. The normalized spacial score (nSPS) is 10.9. The van der Waals surface area contributed by atoms with Crippen LogP contribution in [-0.4, -0.2) is 11.9 Å². The highest BCUT2D eigenvalue weighted by molar-refractivity contribution is 6.02. The van der Waals surface area contributed by atoms with Crippen molar-refractivity contribution in [3.63, 3.8) is 0 Å². The molecule has 0 atom stereocenters. The predicted octanol–water partition coefficient (Wildman–Crippen LogP) is 4.93. The van der Waals surface area contributed by atoms with Crippen molar-refractivity contribution in [3.05, 3.63) is 70.8 Å². The average Bonchev–Trinajstić information content (AvgIpc) is 2.54. The summed E-state index contributed by atoms with van der Waals surface area (Å²) in [7, 11) is 0. The van der Waals surface area contributed by atoms with Crippen LogP contribution in [0.1, 0.15) is 71.4 Å². The van der Waals surface area contributed by atoms with E-state index in [1.54, 1.807) is 36.4 Å². The minimum Gasteiger partial charge on any atom is -0.386 e. The van der Waals surface area contributed by atoms with Crippen LogP contribution in [0.2, 0.25) is 0 Å². The second kappa shape index (κ2) is 7.23. The van der Waals surface area contributed by atoms with Crippen LogP contribution in [-0.2, 0) is 4.74 Å². The second-order valence-electron chi connectivity index (χ2n) is 6.24. The Hall–Kier alpha value is -2.42. The summed E-state index contributed by atoms with van der Waals surface area (Å²) in [5.74, 6) is -0.623. The summed E-state index contributed by atoms with van der Waals surface area (Å²) in [6.07, 6.45) is 0. The molecule has 3 nitrogen and oxygen atoms in total. The van der Waals surface area contributed by atoms with Crippen molar-refractivity contribution in [2.75, 3.05) is 0 Å². The van der Waals surface area contributed by atoms with Crippen molar-refractivity contribution in [1.82, 2.24) is 0 Å². The quantitative estimate of drug-likeness (QED) is 0.594. The molecule has 0 N–H and O–H groups in total. The van der Waals surface area contributed by atoms with Crippen molar-refractivity contribution < 1.29 is 14.3 Å². The SMILES string of the molecule is CC(C)c1cccc(C(=O)OC(=O)c2cccc(C(C)C)c2)c1. The van der Waals surface area contributed by atoms with Gasteiger partial charge in [0, 0.05) is 0 Å². The number of esters is 2. The Labute approximate surface area is 137 Å².